The number of halogens is 1. The number of carbonyl (C=O) groups is 5. The summed E-state index contributed by atoms with van der Waals surface area (Å²) in [6, 6.07) is 12.3. The summed E-state index contributed by atoms with van der Waals surface area (Å²) in [5.74, 6) is -0.982. The number of nitrogens with two attached hydrogens (primary N) is 1. The zero-order valence-corrected chi connectivity index (χ0v) is 20.7. The first kappa shape index (κ1) is 25.6. The Morgan fingerprint density at radius 2 is 1.75 bits per heavy atom. The lowest BCUT2D eigenvalue weighted by Gasteiger charge is -2.22. The Labute approximate surface area is 216 Å². The zero-order valence-electron chi connectivity index (χ0n) is 19.1. The van der Waals surface area contributed by atoms with Crippen LogP contribution in [0.3, 0.4) is 0 Å². The van der Waals surface area contributed by atoms with Crippen LogP contribution in [0, 0.1) is 0 Å². The van der Waals surface area contributed by atoms with Crippen LogP contribution in [0.15, 0.2) is 47.4 Å². The van der Waals surface area contributed by atoms with Gasteiger partial charge in [0.2, 0.25) is 0 Å². The number of para-hydroxylation sites is 1. The number of aldehydes is 1. The van der Waals surface area contributed by atoms with Crippen LogP contribution in [0.2, 0.25) is 5.02 Å². The zero-order chi connectivity index (χ0) is 25.8. The SMILES string of the molecule is N[C@H]1CCN(c2c(Cl)cccc2/C=C2\SC(=O)NC2=O)C1.O=CCCN1C(=O)c2ccccc2C1=O. The highest BCUT2D eigenvalue weighted by Crippen LogP contribution is 2.35. The summed E-state index contributed by atoms with van der Waals surface area (Å²) < 4.78 is 0. The molecule has 5 rings (SSSR count). The number of hydrogen-bond acceptors (Lipinski definition) is 8. The molecule has 0 aliphatic carbocycles. The molecule has 36 heavy (non-hydrogen) atoms. The summed E-state index contributed by atoms with van der Waals surface area (Å²) >= 11 is 7.22. The second kappa shape index (κ2) is 11.1. The Morgan fingerprint density at radius 3 is 2.31 bits per heavy atom. The fourth-order valence-corrected chi connectivity index (χ4v) is 5.13. The minimum atomic E-state index is -0.367. The lowest BCUT2D eigenvalue weighted by atomic mass is 10.1. The molecule has 3 N–H and O–H groups in total. The smallest absolute Gasteiger partial charge is 0.290 e. The Kier molecular flexibility index (Phi) is 7.88. The van der Waals surface area contributed by atoms with Gasteiger partial charge in [0.25, 0.3) is 23.0 Å². The van der Waals surface area contributed by atoms with Crippen molar-refractivity contribution in [1.82, 2.24) is 10.2 Å². The summed E-state index contributed by atoms with van der Waals surface area (Å²) in [5.41, 5.74) is 8.49. The topological polar surface area (TPSA) is 130 Å². The van der Waals surface area contributed by atoms with Crippen molar-refractivity contribution in [2.75, 3.05) is 24.5 Å². The molecule has 3 heterocycles. The number of imide groups is 2. The molecule has 0 bridgehead atoms. The second-order valence-electron chi connectivity index (χ2n) is 8.29. The Balaban J connectivity index is 0.000000179. The maximum Gasteiger partial charge on any atom is 0.290 e. The van der Waals surface area contributed by atoms with Crippen LogP contribution in [-0.2, 0) is 9.59 Å². The number of amides is 4. The van der Waals surface area contributed by atoms with Gasteiger partial charge in [0.05, 0.1) is 26.7 Å². The molecule has 0 saturated carbocycles. The third-order valence-electron chi connectivity index (χ3n) is 5.84. The molecule has 1 atom stereocenters. The fourth-order valence-electron chi connectivity index (χ4n) is 4.16. The number of hydrogen-bond donors (Lipinski definition) is 2. The number of carbonyl (C=O) groups excluding carboxylic acids is 5. The third kappa shape index (κ3) is 5.35. The number of anilines is 1. The Morgan fingerprint density at radius 1 is 1.06 bits per heavy atom. The Hall–Kier alpha value is -3.47. The molecule has 2 aromatic carbocycles. The quantitative estimate of drug-likeness (QED) is 0.345. The third-order valence-corrected chi connectivity index (χ3v) is 6.95. The number of rotatable bonds is 5. The normalized spacial score (nSPS) is 19.9. The molecule has 11 heteroatoms. The fraction of sp³-hybridized carbons (Fsp3) is 0.240. The van der Waals surface area contributed by atoms with Gasteiger partial charge in [-0.15, -0.1) is 0 Å². The van der Waals surface area contributed by atoms with Crippen molar-refractivity contribution in [3.63, 3.8) is 0 Å². The van der Waals surface area contributed by atoms with Gasteiger partial charge in [-0.2, -0.15) is 0 Å². The molecule has 0 radical (unpaired) electrons. The van der Waals surface area contributed by atoms with Gasteiger partial charge >= 0.3 is 0 Å². The van der Waals surface area contributed by atoms with Crippen molar-refractivity contribution in [2.24, 2.45) is 5.73 Å². The van der Waals surface area contributed by atoms with Crippen molar-refractivity contribution < 1.29 is 24.0 Å². The molecule has 9 nitrogen and oxygen atoms in total. The van der Waals surface area contributed by atoms with Gasteiger partial charge in [0.15, 0.2) is 0 Å². The van der Waals surface area contributed by atoms with Crippen LogP contribution in [0.25, 0.3) is 6.08 Å². The summed E-state index contributed by atoms with van der Waals surface area (Å²) in [6.45, 7) is 1.73. The van der Waals surface area contributed by atoms with Crippen molar-refractivity contribution in [2.45, 2.75) is 18.9 Å². The van der Waals surface area contributed by atoms with E-state index in [0.717, 1.165) is 47.4 Å². The van der Waals surface area contributed by atoms with E-state index in [1.807, 2.05) is 18.2 Å². The standard InChI is InChI=1S/C14H14ClN3O2S.C11H9NO3/c15-10-3-1-2-8(6-11-13(19)17-14(20)21-11)12(10)18-5-4-9(16)7-18;13-7-3-6-12-10(14)8-4-1-2-5-9(8)11(12)15/h1-3,6,9H,4-5,7,16H2,(H,17,19,20);1-2,4-5,7H,3,6H2/b11-6-;/t9-;/m0./s1. The Bertz CT molecular complexity index is 1250. The lowest BCUT2D eigenvalue weighted by molar-refractivity contribution is -0.115. The highest BCUT2D eigenvalue weighted by atomic mass is 35.5. The van der Waals surface area contributed by atoms with Crippen molar-refractivity contribution in [3.05, 3.63) is 69.1 Å². The minimum absolute atomic E-state index is 0.132. The molecule has 186 valence electrons. The highest BCUT2D eigenvalue weighted by Gasteiger charge is 2.34. The number of nitrogens with zero attached hydrogens (tertiary/aromatic N) is 2. The van der Waals surface area contributed by atoms with Crippen LogP contribution in [0.4, 0.5) is 10.5 Å². The molecule has 4 amide bonds. The average molecular weight is 527 g/mol. The van der Waals surface area contributed by atoms with E-state index < -0.39 is 0 Å². The summed E-state index contributed by atoms with van der Waals surface area (Å²) in [6.07, 6.45) is 3.50. The largest absolute Gasteiger partial charge is 0.368 e. The monoisotopic (exact) mass is 526 g/mol. The van der Waals surface area contributed by atoms with E-state index in [-0.39, 0.29) is 42.0 Å². The molecule has 2 aromatic rings. The predicted molar refractivity (Wildman–Crippen MR) is 138 cm³/mol. The molecule has 2 fully saturated rings. The van der Waals surface area contributed by atoms with E-state index in [1.165, 1.54) is 0 Å². The van der Waals surface area contributed by atoms with Crippen molar-refractivity contribution >= 4 is 64.4 Å². The maximum absolute atomic E-state index is 11.7. The van der Waals surface area contributed by atoms with Crippen LogP contribution in [0.1, 0.15) is 39.1 Å². The molecular weight excluding hydrogens is 504 g/mol. The average Bonchev–Trinajstić information content (AvgIpc) is 3.49. The van der Waals surface area contributed by atoms with E-state index in [9.17, 15) is 24.0 Å². The second-order valence-corrected chi connectivity index (χ2v) is 9.71. The van der Waals surface area contributed by atoms with Gasteiger partial charge in [-0.25, -0.2) is 0 Å². The van der Waals surface area contributed by atoms with E-state index in [1.54, 1.807) is 30.3 Å². The summed E-state index contributed by atoms with van der Waals surface area (Å²) in [5, 5.41) is 2.52. The molecular formula is C25H23ClN4O5S. The van der Waals surface area contributed by atoms with Gasteiger partial charge in [-0.1, -0.05) is 35.9 Å². The first-order valence-corrected chi connectivity index (χ1v) is 12.4. The summed E-state index contributed by atoms with van der Waals surface area (Å²) in [7, 11) is 0. The number of fused-ring (bicyclic) bond motifs is 1. The molecule has 2 saturated heterocycles. The van der Waals surface area contributed by atoms with Crippen molar-refractivity contribution in [3.8, 4) is 0 Å². The number of nitrogens with one attached hydrogen (secondary N) is 1. The molecule has 3 aliphatic heterocycles. The van der Waals surface area contributed by atoms with E-state index in [0.29, 0.717) is 27.3 Å². The predicted octanol–water partition coefficient (Wildman–Crippen LogP) is 3.07. The maximum atomic E-state index is 11.7. The van der Waals surface area contributed by atoms with Gasteiger partial charge in [0.1, 0.15) is 6.29 Å². The van der Waals surface area contributed by atoms with Gasteiger partial charge in [0, 0.05) is 37.7 Å². The van der Waals surface area contributed by atoms with Crippen LogP contribution >= 0.6 is 23.4 Å². The van der Waals surface area contributed by atoms with Gasteiger partial charge in [-0.05, 0) is 42.5 Å². The first-order valence-electron chi connectivity index (χ1n) is 11.2. The van der Waals surface area contributed by atoms with Crippen LogP contribution in [0.5, 0.6) is 0 Å². The number of benzene rings is 2. The van der Waals surface area contributed by atoms with Gasteiger partial charge in [-0.3, -0.25) is 29.4 Å². The van der Waals surface area contributed by atoms with Crippen LogP contribution < -0.4 is 16.0 Å². The molecule has 0 unspecified atom stereocenters. The lowest BCUT2D eigenvalue weighted by Crippen LogP contribution is -2.30. The van der Waals surface area contributed by atoms with E-state index in [4.69, 9.17) is 17.3 Å². The van der Waals surface area contributed by atoms with Crippen molar-refractivity contribution in [1.29, 1.82) is 0 Å². The van der Waals surface area contributed by atoms with Crippen LogP contribution in [-0.4, -0.2) is 59.8 Å². The first-order chi connectivity index (χ1) is 17.3. The van der Waals surface area contributed by atoms with Gasteiger partial charge < -0.3 is 15.4 Å². The molecule has 0 aromatic heterocycles. The van der Waals surface area contributed by atoms with E-state index >= 15 is 0 Å². The number of thioether (sulfide) groups is 1. The molecule has 3 aliphatic rings. The molecule has 0 spiro atoms. The van der Waals surface area contributed by atoms with E-state index in [2.05, 4.69) is 10.2 Å². The summed E-state index contributed by atoms with van der Waals surface area (Å²) in [4.78, 5) is 60.1. The minimum Gasteiger partial charge on any atom is -0.368 e. The highest BCUT2D eigenvalue weighted by molar-refractivity contribution is 8.18.